The van der Waals surface area contributed by atoms with Gasteiger partial charge in [-0.1, -0.05) is 23.7 Å². The summed E-state index contributed by atoms with van der Waals surface area (Å²) in [6.07, 6.45) is 3.21. The number of hydrogen-bond acceptors (Lipinski definition) is 3. The molecule has 2 aromatic carbocycles. The molecular weight excluding hydrogens is 288 g/mol. The fourth-order valence-electron chi connectivity index (χ4n) is 1.92. The number of allylic oxidation sites excluding steroid dienone is 1. The minimum absolute atomic E-state index is 0.100. The molecule has 0 aliphatic carbocycles. The highest BCUT2D eigenvalue weighted by atomic mass is 35.5. The van der Waals surface area contributed by atoms with Crippen molar-refractivity contribution in [2.24, 2.45) is 0 Å². The Hall–Kier alpha value is -2.26. The van der Waals surface area contributed by atoms with Crippen LogP contribution >= 0.6 is 11.6 Å². The number of benzene rings is 2. The van der Waals surface area contributed by atoms with Crippen LogP contribution in [0.15, 0.2) is 48.5 Å². The van der Waals surface area contributed by atoms with Gasteiger partial charge in [0.05, 0.1) is 14.2 Å². The Balaban J connectivity index is 2.25. The SMILES string of the molecule is COc1cccc(C=CC(=O)c2ccc(Cl)cc2)c1OC. The first-order valence-corrected chi connectivity index (χ1v) is 6.72. The third-order valence-corrected chi connectivity index (χ3v) is 3.23. The maximum absolute atomic E-state index is 12.1. The molecule has 0 saturated heterocycles. The van der Waals surface area contributed by atoms with Crippen LogP contribution in [0.25, 0.3) is 6.08 Å². The van der Waals surface area contributed by atoms with E-state index < -0.39 is 0 Å². The molecule has 0 aromatic heterocycles. The highest BCUT2D eigenvalue weighted by molar-refractivity contribution is 6.30. The molecule has 0 fully saturated rings. The van der Waals surface area contributed by atoms with Crippen LogP contribution in [0.3, 0.4) is 0 Å². The molecule has 4 heteroatoms. The summed E-state index contributed by atoms with van der Waals surface area (Å²) in [5, 5.41) is 0.602. The van der Waals surface area contributed by atoms with Crippen LogP contribution in [-0.2, 0) is 0 Å². The van der Waals surface area contributed by atoms with Crippen molar-refractivity contribution in [3.05, 3.63) is 64.7 Å². The number of methoxy groups -OCH3 is 2. The van der Waals surface area contributed by atoms with Crippen LogP contribution in [0.1, 0.15) is 15.9 Å². The monoisotopic (exact) mass is 302 g/mol. The first-order chi connectivity index (χ1) is 10.2. The van der Waals surface area contributed by atoms with E-state index in [1.54, 1.807) is 50.6 Å². The number of hydrogen-bond donors (Lipinski definition) is 0. The average Bonchev–Trinajstić information content (AvgIpc) is 2.52. The van der Waals surface area contributed by atoms with Crippen LogP contribution in [0.5, 0.6) is 11.5 Å². The lowest BCUT2D eigenvalue weighted by atomic mass is 10.1. The van der Waals surface area contributed by atoms with Crippen LogP contribution in [-0.4, -0.2) is 20.0 Å². The van der Waals surface area contributed by atoms with Crippen LogP contribution < -0.4 is 9.47 Å². The summed E-state index contributed by atoms with van der Waals surface area (Å²) in [7, 11) is 3.14. The number of para-hydroxylation sites is 1. The molecule has 0 saturated carbocycles. The zero-order valence-electron chi connectivity index (χ0n) is 11.8. The Morgan fingerprint density at radius 3 is 2.38 bits per heavy atom. The van der Waals surface area contributed by atoms with Gasteiger partial charge in [-0.05, 0) is 42.5 Å². The first kappa shape index (κ1) is 15.1. The Morgan fingerprint density at radius 1 is 1.05 bits per heavy atom. The molecular formula is C17H15ClO3. The summed E-state index contributed by atoms with van der Waals surface area (Å²) in [6, 6.07) is 12.3. The lowest BCUT2D eigenvalue weighted by Crippen LogP contribution is -1.95. The number of ether oxygens (including phenoxy) is 2. The third kappa shape index (κ3) is 3.64. The number of rotatable bonds is 5. The van der Waals surface area contributed by atoms with Crippen molar-refractivity contribution in [1.29, 1.82) is 0 Å². The van der Waals surface area contributed by atoms with E-state index >= 15 is 0 Å². The predicted molar refractivity (Wildman–Crippen MR) is 84.4 cm³/mol. The van der Waals surface area contributed by atoms with Gasteiger partial charge in [-0.25, -0.2) is 0 Å². The second kappa shape index (κ2) is 6.95. The second-order valence-corrected chi connectivity index (χ2v) is 4.72. The fraction of sp³-hybridized carbons (Fsp3) is 0.118. The van der Waals surface area contributed by atoms with E-state index in [4.69, 9.17) is 21.1 Å². The summed E-state index contributed by atoms with van der Waals surface area (Å²) in [5.41, 5.74) is 1.36. The molecule has 0 heterocycles. The van der Waals surface area contributed by atoms with E-state index in [2.05, 4.69) is 0 Å². The standard InChI is InChI=1S/C17H15ClO3/c1-20-16-5-3-4-13(17(16)21-2)8-11-15(19)12-6-9-14(18)10-7-12/h3-11H,1-2H3. The molecule has 0 amide bonds. The lowest BCUT2D eigenvalue weighted by Gasteiger charge is -2.09. The normalized spacial score (nSPS) is 10.6. The van der Waals surface area contributed by atoms with Gasteiger partial charge in [0.2, 0.25) is 0 Å². The molecule has 0 unspecified atom stereocenters. The van der Waals surface area contributed by atoms with Crippen molar-refractivity contribution in [3.63, 3.8) is 0 Å². The Morgan fingerprint density at radius 2 is 1.76 bits per heavy atom. The van der Waals surface area contributed by atoms with Crippen molar-refractivity contribution < 1.29 is 14.3 Å². The van der Waals surface area contributed by atoms with E-state index in [9.17, 15) is 4.79 Å². The number of carbonyl (C=O) groups excluding carboxylic acids is 1. The molecule has 0 N–H and O–H groups in total. The summed E-state index contributed by atoms with van der Waals surface area (Å²) >= 11 is 5.80. The van der Waals surface area contributed by atoms with Crippen LogP contribution in [0, 0.1) is 0 Å². The van der Waals surface area contributed by atoms with Gasteiger partial charge in [-0.15, -0.1) is 0 Å². The molecule has 2 rings (SSSR count). The highest BCUT2D eigenvalue weighted by Crippen LogP contribution is 2.31. The summed E-state index contributed by atoms with van der Waals surface area (Å²) < 4.78 is 10.5. The molecule has 108 valence electrons. The third-order valence-electron chi connectivity index (χ3n) is 2.98. The van der Waals surface area contributed by atoms with Crippen LogP contribution in [0.2, 0.25) is 5.02 Å². The minimum atomic E-state index is -0.100. The Kier molecular flexibility index (Phi) is 5.01. The van der Waals surface area contributed by atoms with Gasteiger partial charge in [0.25, 0.3) is 0 Å². The summed E-state index contributed by atoms with van der Waals surface area (Å²) in [4.78, 5) is 12.1. The van der Waals surface area contributed by atoms with E-state index in [-0.39, 0.29) is 5.78 Å². The molecule has 0 atom stereocenters. The maximum Gasteiger partial charge on any atom is 0.185 e. The molecule has 0 radical (unpaired) electrons. The lowest BCUT2D eigenvalue weighted by molar-refractivity contribution is 0.104. The molecule has 0 bridgehead atoms. The quantitative estimate of drug-likeness (QED) is 0.612. The Labute approximate surface area is 128 Å². The average molecular weight is 303 g/mol. The predicted octanol–water partition coefficient (Wildman–Crippen LogP) is 4.25. The van der Waals surface area contributed by atoms with Gasteiger partial charge in [0.15, 0.2) is 17.3 Å². The van der Waals surface area contributed by atoms with E-state index in [0.29, 0.717) is 22.1 Å². The van der Waals surface area contributed by atoms with E-state index in [1.165, 1.54) is 6.08 Å². The van der Waals surface area contributed by atoms with Gasteiger partial charge in [0.1, 0.15) is 0 Å². The first-order valence-electron chi connectivity index (χ1n) is 6.34. The number of carbonyl (C=O) groups is 1. The fourth-order valence-corrected chi connectivity index (χ4v) is 2.05. The van der Waals surface area contributed by atoms with Crippen molar-refractivity contribution in [3.8, 4) is 11.5 Å². The number of halogens is 1. The van der Waals surface area contributed by atoms with Crippen molar-refractivity contribution in [1.82, 2.24) is 0 Å². The molecule has 3 nitrogen and oxygen atoms in total. The smallest absolute Gasteiger partial charge is 0.185 e. The van der Waals surface area contributed by atoms with Gasteiger partial charge in [-0.2, -0.15) is 0 Å². The minimum Gasteiger partial charge on any atom is -0.493 e. The molecule has 0 aliphatic heterocycles. The number of ketones is 1. The van der Waals surface area contributed by atoms with E-state index in [1.807, 2.05) is 12.1 Å². The largest absolute Gasteiger partial charge is 0.493 e. The maximum atomic E-state index is 12.1. The van der Waals surface area contributed by atoms with Gasteiger partial charge >= 0.3 is 0 Å². The van der Waals surface area contributed by atoms with Crippen molar-refractivity contribution >= 4 is 23.5 Å². The summed E-state index contributed by atoms with van der Waals surface area (Å²) in [5.74, 6) is 1.12. The molecule has 2 aromatic rings. The van der Waals surface area contributed by atoms with Gasteiger partial charge < -0.3 is 9.47 Å². The molecule has 0 spiro atoms. The zero-order valence-corrected chi connectivity index (χ0v) is 12.6. The molecule has 21 heavy (non-hydrogen) atoms. The van der Waals surface area contributed by atoms with Crippen molar-refractivity contribution in [2.75, 3.05) is 14.2 Å². The van der Waals surface area contributed by atoms with Crippen LogP contribution in [0.4, 0.5) is 0 Å². The summed E-state index contributed by atoms with van der Waals surface area (Å²) in [6.45, 7) is 0. The Bertz CT molecular complexity index is 660. The van der Waals surface area contributed by atoms with Gasteiger partial charge in [0, 0.05) is 16.1 Å². The molecule has 0 aliphatic rings. The topological polar surface area (TPSA) is 35.5 Å². The zero-order chi connectivity index (χ0) is 15.2. The highest BCUT2D eigenvalue weighted by Gasteiger charge is 2.07. The van der Waals surface area contributed by atoms with E-state index in [0.717, 1.165) is 5.56 Å². The van der Waals surface area contributed by atoms with Crippen molar-refractivity contribution in [2.45, 2.75) is 0 Å². The van der Waals surface area contributed by atoms with Gasteiger partial charge in [-0.3, -0.25) is 4.79 Å². The second-order valence-electron chi connectivity index (χ2n) is 4.29.